The fourth-order valence-corrected chi connectivity index (χ4v) is 3.09. The first-order chi connectivity index (χ1) is 7.70. The fourth-order valence-electron chi connectivity index (χ4n) is 1.77. The van der Waals surface area contributed by atoms with Crippen LogP contribution in [0.15, 0.2) is 22.7 Å². The molecule has 0 radical (unpaired) electrons. The topological polar surface area (TPSA) is 9.23 Å². The molecule has 0 heterocycles. The van der Waals surface area contributed by atoms with E-state index in [0.717, 1.165) is 16.1 Å². The molecule has 1 atom stereocenters. The van der Waals surface area contributed by atoms with Crippen LogP contribution >= 0.6 is 31.9 Å². The Labute approximate surface area is 114 Å². The molecule has 1 fully saturated rings. The number of alkyl halides is 1. The molecule has 1 saturated carbocycles. The van der Waals surface area contributed by atoms with Crippen molar-refractivity contribution in [3.05, 3.63) is 28.2 Å². The van der Waals surface area contributed by atoms with Crippen molar-refractivity contribution in [3.8, 4) is 5.75 Å². The number of hydrogen-bond acceptors (Lipinski definition) is 1. The molecule has 0 amide bonds. The van der Waals surface area contributed by atoms with E-state index >= 15 is 0 Å². The molecule has 3 heteroatoms. The summed E-state index contributed by atoms with van der Waals surface area (Å²) in [5, 5.41) is 0. The van der Waals surface area contributed by atoms with Gasteiger partial charge in [-0.25, -0.2) is 0 Å². The summed E-state index contributed by atoms with van der Waals surface area (Å²) in [6, 6.07) is 6.36. The molecule has 1 aromatic carbocycles. The van der Waals surface area contributed by atoms with E-state index in [4.69, 9.17) is 4.74 Å². The average molecular weight is 348 g/mol. The standard InChI is InChI=1S/C13H16Br2O/c1-2-16-13-6-5-10(8-12(13)15)11(14)7-9-3-4-9/h5-6,8-9,11H,2-4,7H2,1H3. The molecule has 0 spiro atoms. The van der Waals surface area contributed by atoms with Crippen molar-refractivity contribution in [2.24, 2.45) is 5.92 Å². The van der Waals surface area contributed by atoms with Gasteiger partial charge in [-0.05, 0) is 52.9 Å². The smallest absolute Gasteiger partial charge is 0.133 e. The van der Waals surface area contributed by atoms with Crippen LogP contribution in [0.1, 0.15) is 36.6 Å². The third kappa shape index (κ3) is 3.24. The Bertz CT molecular complexity index is 361. The lowest BCUT2D eigenvalue weighted by molar-refractivity contribution is 0.338. The molecule has 2 rings (SSSR count). The van der Waals surface area contributed by atoms with Crippen LogP contribution in [0.3, 0.4) is 0 Å². The van der Waals surface area contributed by atoms with E-state index in [-0.39, 0.29) is 0 Å². The number of hydrogen-bond donors (Lipinski definition) is 0. The predicted octanol–water partition coefficient (Wildman–Crippen LogP) is 5.08. The van der Waals surface area contributed by atoms with Crippen LogP contribution in [-0.4, -0.2) is 6.61 Å². The van der Waals surface area contributed by atoms with Crippen LogP contribution in [0.5, 0.6) is 5.75 Å². The highest BCUT2D eigenvalue weighted by molar-refractivity contribution is 9.10. The zero-order valence-electron chi connectivity index (χ0n) is 9.38. The summed E-state index contributed by atoms with van der Waals surface area (Å²) in [5.41, 5.74) is 1.34. The molecule has 0 aliphatic heterocycles. The van der Waals surface area contributed by atoms with Crippen LogP contribution in [0, 0.1) is 5.92 Å². The third-order valence-electron chi connectivity index (χ3n) is 2.85. The Morgan fingerprint density at radius 1 is 1.44 bits per heavy atom. The summed E-state index contributed by atoms with van der Waals surface area (Å²) in [5.74, 6) is 1.87. The first-order valence-electron chi connectivity index (χ1n) is 5.77. The van der Waals surface area contributed by atoms with Gasteiger partial charge >= 0.3 is 0 Å². The summed E-state index contributed by atoms with van der Waals surface area (Å²) >= 11 is 7.32. The molecule has 0 aromatic heterocycles. The Balaban J connectivity index is 2.06. The predicted molar refractivity (Wildman–Crippen MR) is 74.3 cm³/mol. The van der Waals surface area contributed by atoms with E-state index in [2.05, 4.69) is 44.0 Å². The molecular weight excluding hydrogens is 332 g/mol. The van der Waals surface area contributed by atoms with Gasteiger partial charge in [0.25, 0.3) is 0 Å². The van der Waals surface area contributed by atoms with Crippen molar-refractivity contribution in [1.82, 2.24) is 0 Å². The molecular formula is C13H16Br2O. The zero-order valence-corrected chi connectivity index (χ0v) is 12.6. The lowest BCUT2D eigenvalue weighted by Gasteiger charge is -2.12. The average Bonchev–Trinajstić information content (AvgIpc) is 3.05. The van der Waals surface area contributed by atoms with Gasteiger partial charge in [0.2, 0.25) is 0 Å². The Morgan fingerprint density at radius 3 is 2.75 bits per heavy atom. The Morgan fingerprint density at radius 2 is 2.19 bits per heavy atom. The van der Waals surface area contributed by atoms with Gasteiger partial charge in [0.15, 0.2) is 0 Å². The van der Waals surface area contributed by atoms with Crippen molar-refractivity contribution in [2.75, 3.05) is 6.61 Å². The first kappa shape index (κ1) is 12.4. The van der Waals surface area contributed by atoms with E-state index in [9.17, 15) is 0 Å². The van der Waals surface area contributed by atoms with Crippen molar-refractivity contribution in [3.63, 3.8) is 0 Å². The highest BCUT2D eigenvalue weighted by Crippen LogP contribution is 2.42. The highest BCUT2D eigenvalue weighted by atomic mass is 79.9. The van der Waals surface area contributed by atoms with E-state index in [0.29, 0.717) is 11.4 Å². The van der Waals surface area contributed by atoms with E-state index in [1.807, 2.05) is 13.0 Å². The molecule has 0 N–H and O–H groups in total. The van der Waals surface area contributed by atoms with Crippen LogP contribution in [0.2, 0.25) is 0 Å². The zero-order chi connectivity index (χ0) is 11.5. The molecule has 1 aromatic rings. The SMILES string of the molecule is CCOc1ccc(C(Br)CC2CC2)cc1Br. The summed E-state index contributed by atoms with van der Waals surface area (Å²) in [6.45, 7) is 2.71. The fraction of sp³-hybridized carbons (Fsp3) is 0.538. The van der Waals surface area contributed by atoms with Crippen molar-refractivity contribution >= 4 is 31.9 Å². The summed E-state index contributed by atoms with van der Waals surface area (Å²) < 4.78 is 6.55. The second kappa shape index (κ2) is 5.54. The van der Waals surface area contributed by atoms with Crippen molar-refractivity contribution in [2.45, 2.75) is 31.0 Å². The van der Waals surface area contributed by atoms with Gasteiger partial charge < -0.3 is 4.74 Å². The Kier molecular flexibility index (Phi) is 4.31. The molecule has 1 unspecified atom stereocenters. The van der Waals surface area contributed by atoms with Gasteiger partial charge in [0.1, 0.15) is 5.75 Å². The van der Waals surface area contributed by atoms with Gasteiger partial charge in [-0.2, -0.15) is 0 Å². The largest absolute Gasteiger partial charge is 0.493 e. The quantitative estimate of drug-likeness (QED) is 0.674. The molecule has 0 bridgehead atoms. The van der Waals surface area contributed by atoms with Crippen LogP contribution in [0.25, 0.3) is 0 Å². The third-order valence-corrected chi connectivity index (χ3v) is 4.38. The minimum absolute atomic E-state index is 0.479. The summed E-state index contributed by atoms with van der Waals surface area (Å²) in [4.78, 5) is 0.479. The number of benzene rings is 1. The van der Waals surface area contributed by atoms with Crippen LogP contribution < -0.4 is 4.74 Å². The lowest BCUT2D eigenvalue weighted by atomic mass is 10.1. The number of rotatable bonds is 5. The molecule has 1 aliphatic carbocycles. The number of ether oxygens (including phenoxy) is 1. The molecule has 16 heavy (non-hydrogen) atoms. The minimum atomic E-state index is 0.479. The molecule has 1 aliphatic rings. The van der Waals surface area contributed by atoms with Crippen LogP contribution in [-0.2, 0) is 0 Å². The molecule has 1 nitrogen and oxygen atoms in total. The maximum Gasteiger partial charge on any atom is 0.133 e. The molecule has 0 saturated heterocycles. The second-order valence-electron chi connectivity index (χ2n) is 4.27. The van der Waals surface area contributed by atoms with Gasteiger partial charge in [-0.1, -0.05) is 34.8 Å². The summed E-state index contributed by atoms with van der Waals surface area (Å²) in [6.07, 6.45) is 4.06. The van der Waals surface area contributed by atoms with Crippen molar-refractivity contribution in [1.29, 1.82) is 0 Å². The minimum Gasteiger partial charge on any atom is -0.493 e. The normalized spacial score (nSPS) is 17.2. The van der Waals surface area contributed by atoms with Gasteiger partial charge in [-0.15, -0.1) is 0 Å². The maximum atomic E-state index is 5.50. The second-order valence-corrected chi connectivity index (χ2v) is 6.23. The maximum absolute atomic E-state index is 5.50. The van der Waals surface area contributed by atoms with E-state index in [1.165, 1.54) is 24.8 Å². The molecule has 88 valence electrons. The van der Waals surface area contributed by atoms with Gasteiger partial charge in [0, 0.05) is 4.83 Å². The summed E-state index contributed by atoms with van der Waals surface area (Å²) in [7, 11) is 0. The van der Waals surface area contributed by atoms with E-state index in [1.54, 1.807) is 0 Å². The van der Waals surface area contributed by atoms with Gasteiger partial charge in [-0.3, -0.25) is 0 Å². The van der Waals surface area contributed by atoms with Gasteiger partial charge in [0.05, 0.1) is 11.1 Å². The van der Waals surface area contributed by atoms with Crippen LogP contribution in [0.4, 0.5) is 0 Å². The number of halogens is 2. The first-order valence-corrected chi connectivity index (χ1v) is 7.48. The van der Waals surface area contributed by atoms with E-state index < -0.39 is 0 Å². The monoisotopic (exact) mass is 346 g/mol. The lowest BCUT2D eigenvalue weighted by Crippen LogP contribution is -1.95. The Hall–Kier alpha value is -0.0200. The highest BCUT2D eigenvalue weighted by Gasteiger charge is 2.25. The van der Waals surface area contributed by atoms with Crippen molar-refractivity contribution < 1.29 is 4.74 Å².